The van der Waals surface area contributed by atoms with Crippen molar-refractivity contribution in [3.8, 4) is 5.75 Å². The van der Waals surface area contributed by atoms with Crippen LogP contribution in [0, 0.1) is 0 Å². The maximum atomic E-state index is 12.9. The molecule has 27 heavy (non-hydrogen) atoms. The zero-order valence-electron chi connectivity index (χ0n) is 15.2. The summed E-state index contributed by atoms with van der Waals surface area (Å²) in [6, 6.07) is 13.5. The van der Waals surface area contributed by atoms with Crippen LogP contribution in [0.4, 0.5) is 0 Å². The molecule has 0 aliphatic heterocycles. The van der Waals surface area contributed by atoms with Gasteiger partial charge in [-0.1, -0.05) is 60.5 Å². The van der Waals surface area contributed by atoms with Gasteiger partial charge in [0.05, 0.1) is 5.02 Å². The highest BCUT2D eigenvalue weighted by Gasteiger charge is 2.28. The number of carbonyl (C=O) groups excluding carboxylic acids is 2. The molecule has 0 heterocycles. The van der Waals surface area contributed by atoms with Gasteiger partial charge in [-0.3, -0.25) is 9.59 Å². The van der Waals surface area contributed by atoms with Crippen molar-refractivity contribution in [2.75, 3.05) is 13.7 Å². The molecule has 5 nitrogen and oxygen atoms in total. The molecule has 1 atom stereocenters. The minimum absolute atomic E-state index is 0.205. The molecule has 0 saturated heterocycles. The van der Waals surface area contributed by atoms with Crippen molar-refractivity contribution >= 4 is 35.0 Å². The van der Waals surface area contributed by atoms with Crippen LogP contribution in [0.3, 0.4) is 0 Å². The summed E-state index contributed by atoms with van der Waals surface area (Å²) < 4.78 is 5.57. The Kier molecular flexibility index (Phi) is 7.95. The molecule has 144 valence electrons. The van der Waals surface area contributed by atoms with Crippen molar-refractivity contribution in [3.05, 3.63) is 64.1 Å². The molecular formula is C20H22Cl2N2O3. The Hall–Kier alpha value is -2.24. The number of carbonyl (C=O) groups is 2. The predicted molar refractivity (Wildman–Crippen MR) is 107 cm³/mol. The second kappa shape index (κ2) is 10.2. The number of hydrogen-bond acceptors (Lipinski definition) is 3. The van der Waals surface area contributed by atoms with E-state index in [9.17, 15) is 9.59 Å². The molecule has 0 aliphatic carbocycles. The molecule has 2 aromatic carbocycles. The van der Waals surface area contributed by atoms with Crippen molar-refractivity contribution in [1.29, 1.82) is 0 Å². The van der Waals surface area contributed by atoms with E-state index in [4.69, 9.17) is 27.9 Å². The summed E-state index contributed by atoms with van der Waals surface area (Å²) in [4.78, 5) is 26.7. The topological polar surface area (TPSA) is 58.6 Å². The van der Waals surface area contributed by atoms with Crippen molar-refractivity contribution in [2.24, 2.45) is 0 Å². The maximum absolute atomic E-state index is 12.9. The zero-order chi connectivity index (χ0) is 19.8. The Bertz CT molecular complexity index is 798. The number of nitrogens with zero attached hydrogens (tertiary/aromatic N) is 1. The first-order valence-corrected chi connectivity index (χ1v) is 9.35. The zero-order valence-corrected chi connectivity index (χ0v) is 16.8. The maximum Gasteiger partial charge on any atom is 0.261 e. The van der Waals surface area contributed by atoms with E-state index >= 15 is 0 Å². The third kappa shape index (κ3) is 5.62. The lowest BCUT2D eigenvalue weighted by molar-refractivity contribution is -0.142. The highest BCUT2D eigenvalue weighted by atomic mass is 35.5. The molecule has 0 fully saturated rings. The summed E-state index contributed by atoms with van der Waals surface area (Å²) >= 11 is 12.3. The van der Waals surface area contributed by atoms with E-state index in [1.807, 2.05) is 25.1 Å². The highest BCUT2D eigenvalue weighted by molar-refractivity contribution is 6.32. The van der Waals surface area contributed by atoms with E-state index in [0.717, 1.165) is 5.56 Å². The number of rotatable bonds is 8. The van der Waals surface area contributed by atoms with Gasteiger partial charge in [0.25, 0.3) is 5.91 Å². The Morgan fingerprint density at radius 3 is 2.30 bits per heavy atom. The fourth-order valence-corrected chi connectivity index (χ4v) is 3.07. The first-order valence-electron chi connectivity index (χ1n) is 8.59. The first kappa shape index (κ1) is 21.1. The molecule has 2 amide bonds. The molecule has 0 saturated carbocycles. The Morgan fingerprint density at radius 2 is 1.70 bits per heavy atom. The van der Waals surface area contributed by atoms with Crippen LogP contribution in [-0.2, 0) is 16.1 Å². The molecule has 0 aromatic heterocycles. The Labute approximate surface area is 169 Å². The van der Waals surface area contributed by atoms with Gasteiger partial charge >= 0.3 is 0 Å². The summed E-state index contributed by atoms with van der Waals surface area (Å²) in [7, 11) is 1.55. The molecule has 2 aromatic rings. The van der Waals surface area contributed by atoms with Gasteiger partial charge in [0.15, 0.2) is 6.61 Å². The monoisotopic (exact) mass is 408 g/mol. The lowest BCUT2D eigenvalue weighted by Gasteiger charge is -2.30. The number of para-hydroxylation sites is 1. The van der Waals surface area contributed by atoms with E-state index in [-0.39, 0.29) is 25.0 Å². The number of amides is 2. The number of ether oxygens (including phenoxy) is 1. The lowest BCUT2D eigenvalue weighted by Crippen LogP contribution is -2.49. The third-order valence-corrected chi connectivity index (χ3v) is 4.80. The van der Waals surface area contributed by atoms with E-state index in [0.29, 0.717) is 22.2 Å². The lowest BCUT2D eigenvalue weighted by atomic mass is 10.1. The second-order valence-electron chi connectivity index (χ2n) is 5.87. The van der Waals surface area contributed by atoms with Crippen LogP contribution in [0.15, 0.2) is 48.5 Å². The number of nitrogens with one attached hydrogen (secondary N) is 1. The molecule has 0 unspecified atom stereocenters. The van der Waals surface area contributed by atoms with Gasteiger partial charge in [-0.25, -0.2) is 0 Å². The number of halogens is 2. The summed E-state index contributed by atoms with van der Waals surface area (Å²) in [5.74, 6) is -0.154. The van der Waals surface area contributed by atoms with Crippen LogP contribution >= 0.6 is 23.2 Å². The third-order valence-electron chi connectivity index (χ3n) is 4.12. The Balaban J connectivity index is 2.22. The molecule has 2 rings (SSSR count). The molecule has 7 heteroatoms. The van der Waals surface area contributed by atoms with Crippen LogP contribution in [0.5, 0.6) is 5.75 Å². The van der Waals surface area contributed by atoms with Gasteiger partial charge in [-0.15, -0.1) is 0 Å². The summed E-state index contributed by atoms with van der Waals surface area (Å²) in [6.07, 6.45) is 0.460. The molecule has 0 radical (unpaired) electrons. The highest BCUT2D eigenvalue weighted by Crippen LogP contribution is 2.24. The van der Waals surface area contributed by atoms with Gasteiger partial charge in [0, 0.05) is 18.6 Å². The molecule has 0 bridgehead atoms. The molecular weight excluding hydrogens is 387 g/mol. The van der Waals surface area contributed by atoms with E-state index in [2.05, 4.69) is 5.32 Å². The van der Waals surface area contributed by atoms with Gasteiger partial charge in [-0.05, 0) is 30.2 Å². The minimum Gasteiger partial charge on any atom is -0.482 e. The number of benzene rings is 2. The van der Waals surface area contributed by atoms with E-state index in [1.54, 1.807) is 37.4 Å². The van der Waals surface area contributed by atoms with Crippen molar-refractivity contribution in [2.45, 2.75) is 25.9 Å². The normalized spacial score (nSPS) is 11.6. The molecule has 0 spiro atoms. The summed E-state index contributed by atoms with van der Waals surface area (Å²) in [5.41, 5.74) is 0.757. The minimum atomic E-state index is -0.631. The van der Waals surface area contributed by atoms with Crippen molar-refractivity contribution in [1.82, 2.24) is 10.2 Å². The van der Waals surface area contributed by atoms with Gasteiger partial charge in [0.1, 0.15) is 11.8 Å². The van der Waals surface area contributed by atoms with Crippen LogP contribution in [0.1, 0.15) is 18.9 Å². The fourth-order valence-electron chi connectivity index (χ4n) is 2.68. The predicted octanol–water partition coefficient (Wildman–Crippen LogP) is 3.93. The van der Waals surface area contributed by atoms with E-state index < -0.39 is 6.04 Å². The first-order chi connectivity index (χ1) is 13.0. The van der Waals surface area contributed by atoms with Gasteiger partial charge in [-0.2, -0.15) is 0 Å². The standard InChI is InChI=1S/C20H22Cl2N2O3/c1-3-17(20(26)23-2)24(12-14-8-4-5-9-15(14)21)19(25)13-27-18-11-7-6-10-16(18)22/h4-11,17H,3,12-13H2,1-2H3,(H,23,26)/t17-/m0/s1. The average Bonchev–Trinajstić information content (AvgIpc) is 2.68. The largest absolute Gasteiger partial charge is 0.482 e. The number of hydrogen-bond donors (Lipinski definition) is 1. The summed E-state index contributed by atoms with van der Waals surface area (Å²) in [6.45, 7) is 1.82. The second-order valence-corrected chi connectivity index (χ2v) is 6.68. The van der Waals surface area contributed by atoms with Gasteiger partial charge < -0.3 is 15.0 Å². The van der Waals surface area contributed by atoms with Crippen LogP contribution in [0.25, 0.3) is 0 Å². The quantitative estimate of drug-likeness (QED) is 0.719. The van der Waals surface area contributed by atoms with Crippen LogP contribution in [0.2, 0.25) is 10.0 Å². The SMILES string of the molecule is CC[C@@H](C(=O)NC)N(Cc1ccccc1Cl)C(=O)COc1ccccc1Cl. The van der Waals surface area contributed by atoms with E-state index in [1.165, 1.54) is 4.90 Å². The summed E-state index contributed by atoms with van der Waals surface area (Å²) in [5, 5.41) is 3.56. The smallest absolute Gasteiger partial charge is 0.261 e. The fraction of sp³-hybridized carbons (Fsp3) is 0.300. The molecule has 0 aliphatic rings. The number of likely N-dealkylation sites (N-methyl/N-ethyl adjacent to an activating group) is 1. The van der Waals surface area contributed by atoms with Gasteiger partial charge in [0.2, 0.25) is 5.91 Å². The molecule has 1 N–H and O–H groups in total. The van der Waals surface area contributed by atoms with Crippen LogP contribution in [-0.4, -0.2) is 36.4 Å². The van der Waals surface area contributed by atoms with Crippen molar-refractivity contribution in [3.63, 3.8) is 0 Å². The average molecular weight is 409 g/mol. The van der Waals surface area contributed by atoms with Crippen LogP contribution < -0.4 is 10.1 Å². The Morgan fingerprint density at radius 1 is 1.07 bits per heavy atom. The van der Waals surface area contributed by atoms with Crippen molar-refractivity contribution < 1.29 is 14.3 Å².